The molecule has 0 aromatic carbocycles. The van der Waals surface area contributed by atoms with E-state index in [2.05, 4.69) is 36.4 Å². The van der Waals surface area contributed by atoms with Crippen molar-refractivity contribution in [3.8, 4) is 0 Å². The zero-order valence-corrected chi connectivity index (χ0v) is 17.5. The second-order valence-electron chi connectivity index (χ2n) is 6.93. The van der Waals surface area contributed by atoms with Crippen molar-refractivity contribution in [2.45, 2.75) is 101 Å². The fourth-order valence-corrected chi connectivity index (χ4v) is 4.23. The van der Waals surface area contributed by atoms with Gasteiger partial charge in [0.1, 0.15) is 3.42 Å². The lowest BCUT2D eigenvalue weighted by molar-refractivity contribution is -0.140. The highest BCUT2D eigenvalue weighted by Crippen LogP contribution is 2.37. The molecule has 0 aliphatic rings. The Bertz CT molecular complexity index is 359. The molecule has 0 aliphatic carbocycles. The van der Waals surface area contributed by atoms with Gasteiger partial charge < -0.3 is 10.2 Å². The minimum atomic E-state index is -0.752. The monoisotopic (exact) mass is 454 g/mol. The zero-order chi connectivity index (χ0) is 18.4. The van der Waals surface area contributed by atoms with Gasteiger partial charge >= 0.3 is 11.9 Å². The van der Waals surface area contributed by atoms with E-state index in [1.807, 2.05) is 0 Å². The standard InChI is InChI=1S/C19H35IO4/c1-3-5-8-12-16(11-4-2)15-19(20,18(23)24)14-10-7-6-9-13-17(21)22/h16H,3-15H2,1-2H3,(H,21,22)(H,23,24). The van der Waals surface area contributed by atoms with Crippen LogP contribution in [0.3, 0.4) is 0 Å². The summed E-state index contributed by atoms with van der Waals surface area (Å²) in [5.41, 5.74) is 0. The molecule has 4 nitrogen and oxygen atoms in total. The molecule has 2 atom stereocenters. The summed E-state index contributed by atoms with van der Waals surface area (Å²) in [7, 11) is 0. The van der Waals surface area contributed by atoms with Crippen LogP contribution in [0.2, 0.25) is 0 Å². The van der Waals surface area contributed by atoms with Gasteiger partial charge in [0.2, 0.25) is 0 Å². The van der Waals surface area contributed by atoms with Crippen LogP contribution in [-0.2, 0) is 9.59 Å². The average Bonchev–Trinajstić information content (AvgIpc) is 2.50. The van der Waals surface area contributed by atoms with E-state index in [0.29, 0.717) is 18.8 Å². The topological polar surface area (TPSA) is 74.6 Å². The highest BCUT2D eigenvalue weighted by Gasteiger charge is 2.36. The van der Waals surface area contributed by atoms with Gasteiger partial charge in [0, 0.05) is 6.42 Å². The first-order valence-electron chi connectivity index (χ1n) is 9.49. The Morgan fingerprint density at radius 1 is 0.917 bits per heavy atom. The van der Waals surface area contributed by atoms with Gasteiger partial charge in [-0.15, -0.1) is 0 Å². The normalized spacial score (nSPS) is 15.0. The average molecular weight is 454 g/mol. The van der Waals surface area contributed by atoms with Crippen LogP contribution >= 0.6 is 22.6 Å². The molecule has 0 aliphatic heterocycles. The largest absolute Gasteiger partial charge is 0.481 e. The first kappa shape index (κ1) is 23.7. The SMILES string of the molecule is CCCCCC(CCC)CC(I)(CCCCCCC(=O)O)C(=O)O. The summed E-state index contributed by atoms with van der Waals surface area (Å²) < 4.78 is -0.670. The van der Waals surface area contributed by atoms with Crippen molar-refractivity contribution in [1.29, 1.82) is 0 Å². The Morgan fingerprint density at radius 2 is 1.58 bits per heavy atom. The molecule has 2 unspecified atom stereocenters. The van der Waals surface area contributed by atoms with Gasteiger partial charge in [0.25, 0.3) is 0 Å². The Morgan fingerprint density at radius 3 is 2.12 bits per heavy atom. The predicted octanol–water partition coefficient (Wildman–Crippen LogP) is 6.06. The summed E-state index contributed by atoms with van der Waals surface area (Å²) in [4.78, 5) is 22.3. The molecule has 0 saturated heterocycles. The van der Waals surface area contributed by atoms with E-state index < -0.39 is 15.4 Å². The number of rotatable bonds is 16. The first-order valence-corrected chi connectivity index (χ1v) is 10.6. The molecule has 0 rings (SSSR count). The summed E-state index contributed by atoms with van der Waals surface area (Å²) in [6, 6.07) is 0. The molecule has 2 N–H and O–H groups in total. The fourth-order valence-electron chi connectivity index (χ4n) is 3.23. The third kappa shape index (κ3) is 11.3. The quantitative estimate of drug-likeness (QED) is 0.169. The summed E-state index contributed by atoms with van der Waals surface area (Å²) in [5.74, 6) is -0.940. The van der Waals surface area contributed by atoms with Crippen LogP contribution in [0.25, 0.3) is 0 Å². The lowest BCUT2D eigenvalue weighted by atomic mass is 9.84. The zero-order valence-electron chi connectivity index (χ0n) is 15.4. The van der Waals surface area contributed by atoms with Gasteiger partial charge in [-0.3, -0.25) is 9.59 Å². The van der Waals surface area contributed by atoms with Crippen molar-refractivity contribution in [2.75, 3.05) is 0 Å². The van der Waals surface area contributed by atoms with Gasteiger partial charge in [-0.25, -0.2) is 0 Å². The number of alkyl halides is 1. The first-order chi connectivity index (χ1) is 11.4. The lowest BCUT2D eigenvalue weighted by Gasteiger charge is -2.28. The van der Waals surface area contributed by atoms with E-state index in [1.54, 1.807) is 0 Å². The van der Waals surface area contributed by atoms with Crippen LogP contribution in [0.4, 0.5) is 0 Å². The second-order valence-corrected chi connectivity index (χ2v) is 9.00. The molecule has 0 aromatic heterocycles. The van der Waals surface area contributed by atoms with Crippen LogP contribution in [-0.4, -0.2) is 25.6 Å². The number of unbranched alkanes of at least 4 members (excludes halogenated alkanes) is 5. The molecule has 0 bridgehead atoms. The van der Waals surface area contributed by atoms with Crippen LogP contribution in [0.5, 0.6) is 0 Å². The van der Waals surface area contributed by atoms with E-state index in [1.165, 1.54) is 19.3 Å². The number of aliphatic carboxylic acids is 2. The molecule has 0 amide bonds. The maximum Gasteiger partial charge on any atom is 0.319 e. The van der Waals surface area contributed by atoms with Crippen LogP contribution < -0.4 is 0 Å². The van der Waals surface area contributed by atoms with Crippen LogP contribution in [0, 0.1) is 5.92 Å². The summed E-state index contributed by atoms with van der Waals surface area (Å²) in [6.07, 6.45) is 12.0. The second kappa shape index (κ2) is 13.9. The number of carboxylic acids is 2. The number of carbonyl (C=O) groups is 2. The van der Waals surface area contributed by atoms with E-state index in [9.17, 15) is 14.7 Å². The van der Waals surface area contributed by atoms with Crippen LogP contribution in [0.15, 0.2) is 0 Å². The molecule has 0 aromatic rings. The summed E-state index contributed by atoms with van der Waals surface area (Å²) >= 11 is 2.16. The van der Waals surface area contributed by atoms with E-state index >= 15 is 0 Å². The molecule has 0 heterocycles. The number of hydrogen-bond acceptors (Lipinski definition) is 2. The minimum Gasteiger partial charge on any atom is -0.481 e. The Hall–Kier alpha value is -0.330. The molecule has 0 spiro atoms. The maximum absolute atomic E-state index is 11.8. The van der Waals surface area contributed by atoms with Crippen molar-refractivity contribution in [2.24, 2.45) is 5.92 Å². The molecule has 0 saturated carbocycles. The Kier molecular flexibility index (Phi) is 13.7. The van der Waals surface area contributed by atoms with Crippen molar-refractivity contribution in [3.63, 3.8) is 0 Å². The van der Waals surface area contributed by atoms with Gasteiger partial charge in [-0.05, 0) is 25.2 Å². The van der Waals surface area contributed by atoms with Crippen LogP contribution in [0.1, 0.15) is 97.3 Å². The third-order valence-electron chi connectivity index (χ3n) is 4.62. The predicted molar refractivity (Wildman–Crippen MR) is 107 cm³/mol. The summed E-state index contributed by atoms with van der Waals surface area (Å²) in [6.45, 7) is 4.37. The molecular weight excluding hydrogens is 419 g/mol. The molecule has 0 radical (unpaired) electrons. The Balaban J connectivity index is 4.38. The van der Waals surface area contributed by atoms with Crippen molar-refractivity contribution in [1.82, 2.24) is 0 Å². The maximum atomic E-state index is 11.8. The van der Waals surface area contributed by atoms with Crippen molar-refractivity contribution < 1.29 is 19.8 Å². The minimum absolute atomic E-state index is 0.213. The van der Waals surface area contributed by atoms with Gasteiger partial charge in [-0.1, -0.05) is 94.2 Å². The molecule has 24 heavy (non-hydrogen) atoms. The smallest absolute Gasteiger partial charge is 0.319 e. The number of halogens is 1. The number of carboxylic acid groups (broad SMARTS) is 2. The third-order valence-corrected chi connectivity index (χ3v) is 6.06. The highest BCUT2D eigenvalue weighted by atomic mass is 127. The molecular formula is C19H35IO4. The molecule has 5 heteroatoms. The molecule has 142 valence electrons. The number of hydrogen-bond donors (Lipinski definition) is 2. The molecule has 0 fully saturated rings. The van der Waals surface area contributed by atoms with Crippen molar-refractivity contribution in [3.05, 3.63) is 0 Å². The van der Waals surface area contributed by atoms with Gasteiger partial charge in [0.05, 0.1) is 0 Å². The van der Waals surface area contributed by atoms with E-state index in [4.69, 9.17) is 5.11 Å². The van der Waals surface area contributed by atoms with Crippen molar-refractivity contribution >= 4 is 34.5 Å². The fraction of sp³-hybridized carbons (Fsp3) is 0.895. The van der Waals surface area contributed by atoms with E-state index in [-0.39, 0.29) is 6.42 Å². The van der Waals surface area contributed by atoms with Gasteiger partial charge in [-0.2, -0.15) is 0 Å². The van der Waals surface area contributed by atoms with E-state index in [0.717, 1.165) is 44.9 Å². The lowest BCUT2D eigenvalue weighted by Crippen LogP contribution is -2.34. The highest BCUT2D eigenvalue weighted by molar-refractivity contribution is 14.1. The Labute approximate surface area is 160 Å². The van der Waals surface area contributed by atoms with Gasteiger partial charge in [0.15, 0.2) is 0 Å². The summed E-state index contributed by atoms with van der Waals surface area (Å²) in [5, 5.41) is 18.3.